The van der Waals surface area contributed by atoms with E-state index in [9.17, 15) is 0 Å². The van der Waals surface area contributed by atoms with Crippen LogP contribution in [0.15, 0.2) is 23.3 Å². The predicted molar refractivity (Wildman–Crippen MR) is 82.3 cm³/mol. The fourth-order valence-corrected chi connectivity index (χ4v) is 3.64. The lowest BCUT2D eigenvalue weighted by molar-refractivity contribution is 0.431. The second kappa shape index (κ2) is 5.63. The second-order valence-electron chi connectivity index (χ2n) is 5.41. The zero-order chi connectivity index (χ0) is 14.1. The number of halogens is 2. The highest BCUT2D eigenvalue weighted by Crippen LogP contribution is 2.38. The van der Waals surface area contributed by atoms with Crippen LogP contribution in [0.5, 0.6) is 0 Å². The fraction of sp³-hybridized carbons (Fsp3) is 0.467. The molecule has 0 amide bonds. The number of hydrogen-bond acceptors (Lipinski definition) is 3. The van der Waals surface area contributed by atoms with Crippen molar-refractivity contribution in [3.8, 4) is 6.07 Å². The van der Waals surface area contributed by atoms with Gasteiger partial charge in [0.15, 0.2) is 0 Å². The summed E-state index contributed by atoms with van der Waals surface area (Å²) >= 11 is 12.3. The monoisotopic (exact) mass is 307 g/mol. The maximum absolute atomic E-state index is 8.94. The van der Waals surface area contributed by atoms with E-state index in [-0.39, 0.29) is 0 Å². The molecule has 5 heteroatoms. The first kappa shape index (κ1) is 13.7. The lowest BCUT2D eigenvalue weighted by Gasteiger charge is -2.28. The van der Waals surface area contributed by atoms with E-state index >= 15 is 0 Å². The van der Waals surface area contributed by atoms with E-state index < -0.39 is 0 Å². The summed E-state index contributed by atoms with van der Waals surface area (Å²) in [5.74, 6) is 0.643. The van der Waals surface area contributed by atoms with Gasteiger partial charge in [-0.3, -0.25) is 5.01 Å². The molecule has 1 fully saturated rings. The summed E-state index contributed by atoms with van der Waals surface area (Å²) in [5, 5.41) is 16.5. The summed E-state index contributed by atoms with van der Waals surface area (Å²) in [6.45, 7) is 0. The highest BCUT2D eigenvalue weighted by molar-refractivity contribution is 6.65. The van der Waals surface area contributed by atoms with E-state index in [0.29, 0.717) is 27.7 Å². The molecular weight excluding hydrogens is 293 g/mol. The van der Waals surface area contributed by atoms with Crippen LogP contribution >= 0.6 is 23.2 Å². The summed E-state index contributed by atoms with van der Waals surface area (Å²) < 4.78 is 0. The van der Waals surface area contributed by atoms with E-state index in [4.69, 9.17) is 28.5 Å². The number of nitriles is 1. The molecule has 3 rings (SSSR count). The summed E-state index contributed by atoms with van der Waals surface area (Å²) in [4.78, 5) is 0. The third kappa shape index (κ3) is 2.51. The SMILES string of the molecule is N#Cc1ccc(N2N=C(Cl)C[C@@H]2C2CCCC2)cc1Cl. The van der Waals surface area contributed by atoms with Crippen LogP contribution in [-0.4, -0.2) is 11.2 Å². The summed E-state index contributed by atoms with van der Waals surface area (Å²) in [7, 11) is 0. The molecule has 0 radical (unpaired) electrons. The van der Waals surface area contributed by atoms with Crippen LogP contribution in [0.25, 0.3) is 0 Å². The topological polar surface area (TPSA) is 39.4 Å². The van der Waals surface area contributed by atoms with Gasteiger partial charge in [0.05, 0.1) is 22.3 Å². The van der Waals surface area contributed by atoms with Crippen LogP contribution in [0, 0.1) is 17.2 Å². The molecule has 0 bridgehead atoms. The zero-order valence-corrected chi connectivity index (χ0v) is 12.5. The molecule has 1 atom stereocenters. The number of hydrazone groups is 1. The van der Waals surface area contributed by atoms with Crippen molar-refractivity contribution in [2.24, 2.45) is 11.0 Å². The maximum atomic E-state index is 8.94. The Hall–Kier alpha value is -1.24. The molecule has 0 spiro atoms. The lowest BCUT2D eigenvalue weighted by atomic mass is 9.95. The van der Waals surface area contributed by atoms with Gasteiger partial charge in [0.2, 0.25) is 0 Å². The van der Waals surface area contributed by atoms with Gasteiger partial charge < -0.3 is 0 Å². The van der Waals surface area contributed by atoms with E-state index in [1.165, 1.54) is 25.7 Å². The number of benzene rings is 1. The average Bonchev–Trinajstić information content (AvgIpc) is 3.07. The van der Waals surface area contributed by atoms with Gasteiger partial charge in [-0.25, -0.2) is 0 Å². The molecule has 0 unspecified atom stereocenters. The zero-order valence-electron chi connectivity index (χ0n) is 11.0. The molecule has 1 saturated carbocycles. The Bertz CT molecular complexity index is 585. The first-order valence-corrected chi connectivity index (χ1v) is 7.66. The predicted octanol–water partition coefficient (Wildman–Crippen LogP) is 4.53. The molecule has 2 aliphatic rings. The largest absolute Gasteiger partial charge is 0.261 e. The Morgan fingerprint density at radius 3 is 2.65 bits per heavy atom. The van der Waals surface area contributed by atoms with Crippen molar-refractivity contribution in [2.75, 3.05) is 5.01 Å². The third-order valence-corrected chi connectivity index (χ3v) is 4.73. The van der Waals surface area contributed by atoms with Crippen LogP contribution in [0.4, 0.5) is 5.69 Å². The highest BCUT2D eigenvalue weighted by Gasteiger charge is 2.35. The van der Waals surface area contributed by atoms with Crippen LogP contribution in [-0.2, 0) is 0 Å². The first-order valence-electron chi connectivity index (χ1n) is 6.91. The molecule has 1 aromatic carbocycles. The standard InChI is InChI=1S/C15H15Cl2N3/c16-13-7-12(6-5-11(13)9-18)20-14(8-15(17)19-20)10-3-1-2-4-10/h5-7,10,14H,1-4,8H2/t14-/m1/s1. The minimum Gasteiger partial charge on any atom is -0.261 e. The Balaban J connectivity index is 1.90. The summed E-state index contributed by atoms with van der Waals surface area (Å²) in [5.41, 5.74) is 1.41. The van der Waals surface area contributed by atoms with Gasteiger partial charge >= 0.3 is 0 Å². The molecule has 0 saturated heterocycles. The average molecular weight is 308 g/mol. The molecule has 1 aromatic rings. The molecule has 1 heterocycles. The normalized spacial score (nSPS) is 22.9. The smallest absolute Gasteiger partial charge is 0.128 e. The van der Waals surface area contributed by atoms with E-state index in [0.717, 1.165) is 12.1 Å². The van der Waals surface area contributed by atoms with Gasteiger partial charge in [0, 0.05) is 6.42 Å². The second-order valence-corrected chi connectivity index (χ2v) is 6.26. The molecule has 20 heavy (non-hydrogen) atoms. The Morgan fingerprint density at radius 2 is 2.00 bits per heavy atom. The Labute approximate surface area is 128 Å². The van der Waals surface area contributed by atoms with Gasteiger partial charge in [-0.1, -0.05) is 36.0 Å². The number of nitrogens with zero attached hydrogens (tertiary/aromatic N) is 3. The number of rotatable bonds is 2. The molecular formula is C15H15Cl2N3. The van der Waals surface area contributed by atoms with Gasteiger partial charge in [0.1, 0.15) is 11.2 Å². The molecule has 104 valence electrons. The van der Waals surface area contributed by atoms with Crippen LogP contribution < -0.4 is 5.01 Å². The molecule has 1 aliphatic heterocycles. The van der Waals surface area contributed by atoms with Gasteiger partial charge in [0.25, 0.3) is 0 Å². The molecule has 0 N–H and O–H groups in total. The Morgan fingerprint density at radius 1 is 1.25 bits per heavy atom. The van der Waals surface area contributed by atoms with E-state index in [1.54, 1.807) is 12.1 Å². The minimum atomic E-state index is 0.328. The van der Waals surface area contributed by atoms with Crippen LogP contribution in [0.1, 0.15) is 37.7 Å². The van der Waals surface area contributed by atoms with Gasteiger partial charge in [-0.2, -0.15) is 10.4 Å². The number of hydrogen-bond donors (Lipinski definition) is 0. The minimum absolute atomic E-state index is 0.328. The van der Waals surface area contributed by atoms with Crippen molar-refractivity contribution in [1.82, 2.24) is 0 Å². The van der Waals surface area contributed by atoms with Crippen LogP contribution in [0.3, 0.4) is 0 Å². The molecule has 1 aliphatic carbocycles. The summed E-state index contributed by atoms with van der Waals surface area (Å²) in [6.07, 6.45) is 5.88. The van der Waals surface area contributed by atoms with Gasteiger partial charge in [-0.15, -0.1) is 0 Å². The van der Waals surface area contributed by atoms with Crippen molar-refractivity contribution in [3.05, 3.63) is 28.8 Å². The quantitative estimate of drug-likeness (QED) is 0.805. The van der Waals surface area contributed by atoms with Crippen LogP contribution in [0.2, 0.25) is 5.02 Å². The lowest BCUT2D eigenvalue weighted by Crippen LogP contribution is -2.32. The van der Waals surface area contributed by atoms with E-state index in [1.807, 2.05) is 11.1 Å². The molecule has 3 nitrogen and oxygen atoms in total. The van der Waals surface area contributed by atoms with Crippen molar-refractivity contribution < 1.29 is 0 Å². The van der Waals surface area contributed by atoms with E-state index in [2.05, 4.69) is 11.2 Å². The van der Waals surface area contributed by atoms with Gasteiger partial charge in [-0.05, 0) is 37.0 Å². The van der Waals surface area contributed by atoms with Crippen molar-refractivity contribution in [1.29, 1.82) is 5.26 Å². The highest BCUT2D eigenvalue weighted by atomic mass is 35.5. The number of anilines is 1. The molecule has 0 aromatic heterocycles. The first-order chi connectivity index (χ1) is 9.69. The third-order valence-electron chi connectivity index (χ3n) is 4.19. The van der Waals surface area contributed by atoms with Crippen molar-refractivity contribution in [3.63, 3.8) is 0 Å². The maximum Gasteiger partial charge on any atom is 0.128 e. The fourth-order valence-electron chi connectivity index (χ4n) is 3.19. The van der Waals surface area contributed by atoms with Crippen molar-refractivity contribution >= 4 is 34.1 Å². The summed E-state index contributed by atoms with van der Waals surface area (Å²) in [6, 6.07) is 7.85. The van der Waals surface area contributed by atoms with Crippen molar-refractivity contribution in [2.45, 2.75) is 38.1 Å². The Kier molecular flexibility index (Phi) is 3.87.